The van der Waals surface area contributed by atoms with E-state index in [1.54, 1.807) is 12.5 Å². The van der Waals surface area contributed by atoms with Crippen LogP contribution in [0.4, 0.5) is 57.1 Å². The molecular formula is C14H18F13N2O3PS2. The largest absolute Gasteiger partial charge is 0.460 e. The summed E-state index contributed by atoms with van der Waals surface area (Å²) >= 11 is 0.303. The summed E-state index contributed by atoms with van der Waals surface area (Å²) in [6, 6.07) is 0. The van der Waals surface area contributed by atoms with Gasteiger partial charge in [0.2, 0.25) is 0 Å². The maximum atomic E-state index is 13.5. The molecule has 0 atom stereocenters. The molecule has 0 saturated carbocycles. The van der Waals surface area contributed by atoms with Gasteiger partial charge in [-0.05, 0) is 12.5 Å². The molecule has 0 aliphatic carbocycles. The molecule has 0 bridgehead atoms. The first-order valence-corrected chi connectivity index (χ1v) is 14.0. The number of aryl methyl sites for hydroxylation is 1. The smallest absolute Gasteiger partial charge is 0.329 e. The Labute approximate surface area is 195 Å². The minimum Gasteiger partial charge on any atom is -0.329 e. The maximum absolute atomic E-state index is 13.5. The second-order valence-electron chi connectivity index (χ2n) is 6.78. The number of rotatable bonds is 9. The summed E-state index contributed by atoms with van der Waals surface area (Å²) in [7, 11) is 0.255. The SMILES string of the molecule is C[SH](C)P(=O)(O)O.Cn1ccnc1SCCC(F)(F)C(F)(F)C(F)(F)C(F)(F)C(F)(F)C(F)(F)F. The van der Waals surface area contributed by atoms with E-state index in [0.29, 0.717) is 11.8 Å². The van der Waals surface area contributed by atoms with Crippen molar-refractivity contribution in [2.45, 2.75) is 47.4 Å². The number of thiol groups is 1. The zero-order valence-electron chi connectivity index (χ0n) is 17.5. The van der Waals surface area contributed by atoms with E-state index in [4.69, 9.17) is 9.79 Å². The number of halogens is 13. The topological polar surface area (TPSA) is 75.3 Å². The molecule has 35 heavy (non-hydrogen) atoms. The fourth-order valence-corrected chi connectivity index (χ4v) is 2.66. The van der Waals surface area contributed by atoms with Crippen LogP contribution in [-0.4, -0.2) is 73.4 Å². The standard InChI is InChI=1S/C12H9F13N2S.C2H9O3PS/c1-27-4-3-26-6(27)28-5-2-7(13,14)8(15,16)9(17,18)10(19,20)11(21,22)12(23,24)25;1-7(2)6(3,4)5/h3-4H,2,5H2,1H3;7H,1-2H3,(H2,3,4,5). The first-order chi connectivity index (χ1) is 15.2. The van der Waals surface area contributed by atoms with Gasteiger partial charge in [-0.25, -0.2) is 9.55 Å². The van der Waals surface area contributed by atoms with Gasteiger partial charge in [-0.15, -0.1) is 0 Å². The Balaban J connectivity index is 0.00000143. The molecule has 0 unspecified atom stereocenters. The van der Waals surface area contributed by atoms with Crippen molar-refractivity contribution >= 4 is 29.1 Å². The van der Waals surface area contributed by atoms with E-state index < -0.39 is 65.3 Å². The first kappa shape index (κ1) is 34.1. The van der Waals surface area contributed by atoms with Gasteiger partial charge in [0, 0.05) is 31.6 Å². The van der Waals surface area contributed by atoms with E-state index in [9.17, 15) is 61.6 Å². The van der Waals surface area contributed by atoms with Crippen LogP contribution >= 0.6 is 29.1 Å². The Morgan fingerprint density at radius 2 is 1.29 bits per heavy atom. The molecule has 1 aromatic heterocycles. The third-order valence-electron chi connectivity index (χ3n) is 3.94. The van der Waals surface area contributed by atoms with Crippen LogP contribution < -0.4 is 0 Å². The fourth-order valence-electron chi connectivity index (χ4n) is 1.72. The summed E-state index contributed by atoms with van der Waals surface area (Å²) in [5.41, 5.74) is 0. The van der Waals surface area contributed by atoms with Gasteiger partial charge in [-0.1, -0.05) is 11.8 Å². The van der Waals surface area contributed by atoms with Crippen molar-refractivity contribution in [1.29, 1.82) is 0 Å². The number of nitrogens with zero attached hydrogens (tertiary/aromatic N) is 2. The number of hydrogen-bond donors (Lipinski definition) is 3. The number of thioether (sulfide) groups is 1. The summed E-state index contributed by atoms with van der Waals surface area (Å²) in [6.45, 7) is -3.67. The molecule has 5 nitrogen and oxygen atoms in total. The highest BCUT2D eigenvalue weighted by atomic mass is 32.8. The zero-order chi connectivity index (χ0) is 28.5. The summed E-state index contributed by atoms with van der Waals surface area (Å²) in [5.74, 6) is -37.7. The summed E-state index contributed by atoms with van der Waals surface area (Å²) < 4.78 is 179. The monoisotopic (exact) mass is 604 g/mol. The molecule has 1 aromatic rings. The lowest BCUT2D eigenvalue weighted by Crippen LogP contribution is -2.70. The lowest BCUT2D eigenvalue weighted by molar-refractivity contribution is -0.439. The van der Waals surface area contributed by atoms with Gasteiger partial charge in [0.05, 0.1) is 0 Å². The maximum Gasteiger partial charge on any atom is 0.460 e. The van der Waals surface area contributed by atoms with Crippen LogP contribution in [0, 0.1) is 0 Å². The molecule has 2 N–H and O–H groups in total. The summed E-state index contributed by atoms with van der Waals surface area (Å²) in [6.07, 6.45) is -4.13. The van der Waals surface area contributed by atoms with Crippen LogP contribution in [0.3, 0.4) is 0 Å². The van der Waals surface area contributed by atoms with E-state index in [0.717, 1.165) is 6.20 Å². The highest BCUT2D eigenvalue weighted by Crippen LogP contribution is 2.61. The number of alkyl halides is 13. The normalized spacial score (nSPS) is 15.0. The molecule has 21 heteroatoms. The average Bonchev–Trinajstić information content (AvgIpc) is 3.04. The average molecular weight is 604 g/mol. The van der Waals surface area contributed by atoms with Crippen molar-refractivity contribution in [2.24, 2.45) is 7.05 Å². The van der Waals surface area contributed by atoms with E-state index in [2.05, 4.69) is 4.98 Å². The van der Waals surface area contributed by atoms with Gasteiger partial charge in [0.25, 0.3) is 0 Å². The summed E-state index contributed by atoms with van der Waals surface area (Å²) in [5, 5.41) is -0.0696. The predicted octanol–water partition coefficient (Wildman–Crippen LogP) is 5.98. The quantitative estimate of drug-likeness (QED) is 0.140. The Morgan fingerprint density at radius 1 is 0.886 bits per heavy atom. The molecule has 1 heterocycles. The van der Waals surface area contributed by atoms with Crippen molar-refractivity contribution < 1.29 is 71.4 Å². The Morgan fingerprint density at radius 3 is 1.60 bits per heavy atom. The predicted molar refractivity (Wildman–Crippen MR) is 102 cm³/mol. The van der Waals surface area contributed by atoms with Crippen LogP contribution in [-0.2, 0) is 11.6 Å². The molecule has 0 saturated heterocycles. The fraction of sp³-hybridized carbons (Fsp3) is 0.786. The Bertz CT molecular complexity index is 887. The second kappa shape index (κ2) is 10.9. The van der Waals surface area contributed by atoms with Crippen molar-refractivity contribution in [2.75, 3.05) is 18.3 Å². The molecule has 1 rings (SSSR count). The van der Waals surface area contributed by atoms with E-state index in [1.807, 2.05) is 0 Å². The van der Waals surface area contributed by atoms with Crippen LogP contribution in [0.5, 0.6) is 0 Å². The van der Waals surface area contributed by atoms with Crippen LogP contribution in [0.2, 0.25) is 0 Å². The van der Waals surface area contributed by atoms with Gasteiger partial charge < -0.3 is 14.4 Å². The molecule has 210 valence electrons. The van der Waals surface area contributed by atoms with Crippen LogP contribution in [0.1, 0.15) is 6.42 Å². The number of hydrogen-bond acceptors (Lipinski definition) is 3. The van der Waals surface area contributed by atoms with Gasteiger partial charge in [-0.2, -0.15) is 67.6 Å². The minimum absolute atomic E-state index is 0.0696. The van der Waals surface area contributed by atoms with Crippen LogP contribution in [0.15, 0.2) is 17.6 Å². The van der Waals surface area contributed by atoms with Gasteiger partial charge in [0.15, 0.2) is 5.16 Å². The van der Waals surface area contributed by atoms with Crippen LogP contribution in [0.25, 0.3) is 0 Å². The Kier molecular flexibility index (Phi) is 10.6. The van der Waals surface area contributed by atoms with E-state index in [1.165, 1.54) is 17.8 Å². The van der Waals surface area contributed by atoms with E-state index in [-0.39, 0.29) is 5.16 Å². The summed E-state index contributed by atoms with van der Waals surface area (Å²) in [4.78, 5) is 20.0. The zero-order valence-corrected chi connectivity index (χ0v) is 20.1. The van der Waals surface area contributed by atoms with Gasteiger partial charge >= 0.3 is 42.6 Å². The second-order valence-corrected chi connectivity index (χ2v) is 14.5. The lowest BCUT2D eigenvalue weighted by atomic mass is 9.93. The first-order valence-electron chi connectivity index (χ1n) is 8.47. The van der Waals surface area contributed by atoms with Gasteiger partial charge in [0.1, 0.15) is 0 Å². The van der Waals surface area contributed by atoms with Crippen molar-refractivity contribution in [3.8, 4) is 0 Å². The lowest BCUT2D eigenvalue weighted by Gasteiger charge is -2.39. The highest BCUT2D eigenvalue weighted by Gasteiger charge is 2.90. The molecule has 0 fully saturated rings. The highest BCUT2D eigenvalue weighted by molar-refractivity contribution is 8.64. The van der Waals surface area contributed by atoms with Crippen molar-refractivity contribution in [3.63, 3.8) is 0 Å². The molecule has 0 radical (unpaired) electrons. The van der Waals surface area contributed by atoms with E-state index >= 15 is 0 Å². The van der Waals surface area contributed by atoms with Crippen molar-refractivity contribution in [3.05, 3.63) is 12.4 Å². The third kappa shape index (κ3) is 7.13. The molecule has 0 aromatic carbocycles. The molecule has 0 aliphatic heterocycles. The van der Waals surface area contributed by atoms with Crippen molar-refractivity contribution in [1.82, 2.24) is 9.55 Å². The molecule has 0 spiro atoms. The molecule has 0 aliphatic rings. The molecule has 0 amide bonds. The Hall–Kier alpha value is -0.850. The van der Waals surface area contributed by atoms with Gasteiger partial charge in [-0.3, -0.25) is 0 Å². The number of aromatic nitrogens is 2. The number of imidazole rings is 1. The molecular weight excluding hydrogens is 586 g/mol. The minimum atomic E-state index is -7.86. The third-order valence-corrected chi connectivity index (χ3v) is 9.17.